The molecular weight excluding hydrogens is 354 g/mol. The minimum absolute atomic E-state index is 0.175. The minimum Gasteiger partial charge on any atom is -0.482 e. The first kappa shape index (κ1) is 19.7. The highest BCUT2D eigenvalue weighted by Crippen LogP contribution is 2.19. The molecule has 8 heteroatoms. The Morgan fingerprint density at radius 1 is 1.15 bits per heavy atom. The van der Waals surface area contributed by atoms with Crippen LogP contribution in [-0.2, 0) is 14.3 Å². The highest BCUT2D eigenvalue weighted by molar-refractivity contribution is 7.99. The molecule has 2 rings (SSSR count). The van der Waals surface area contributed by atoms with Crippen molar-refractivity contribution < 1.29 is 19.1 Å². The molecule has 1 aromatic heterocycles. The van der Waals surface area contributed by atoms with Crippen LogP contribution in [0.15, 0.2) is 35.5 Å². The Bertz CT molecular complexity index is 763. The molecule has 0 radical (unpaired) electrons. The van der Waals surface area contributed by atoms with Crippen LogP contribution in [0.25, 0.3) is 0 Å². The van der Waals surface area contributed by atoms with E-state index in [9.17, 15) is 9.59 Å². The quantitative estimate of drug-likeness (QED) is 0.431. The monoisotopic (exact) mass is 375 g/mol. The lowest BCUT2D eigenvalue weighted by Crippen LogP contribution is -2.16. The summed E-state index contributed by atoms with van der Waals surface area (Å²) in [6.07, 6.45) is 0. The van der Waals surface area contributed by atoms with Crippen LogP contribution in [-0.4, -0.2) is 40.8 Å². The Morgan fingerprint density at radius 3 is 2.58 bits per heavy atom. The number of hydrogen-bond donors (Lipinski definition) is 1. The number of thioether (sulfide) groups is 1. The van der Waals surface area contributed by atoms with Crippen molar-refractivity contribution in [2.45, 2.75) is 25.9 Å². The summed E-state index contributed by atoms with van der Waals surface area (Å²) in [6.45, 7) is 5.64. The van der Waals surface area contributed by atoms with Gasteiger partial charge in [-0.1, -0.05) is 17.8 Å². The molecule has 0 fully saturated rings. The summed E-state index contributed by atoms with van der Waals surface area (Å²) in [6, 6.07) is 8.71. The SMILES string of the molecule is CCOC(=O)COc1cccc(NC(=O)CSc2nc(C)cc(C)n2)c1. The van der Waals surface area contributed by atoms with E-state index in [1.165, 1.54) is 11.8 Å². The second-order valence-electron chi connectivity index (χ2n) is 5.39. The Hall–Kier alpha value is -2.61. The Morgan fingerprint density at radius 2 is 1.88 bits per heavy atom. The fourth-order valence-electron chi connectivity index (χ4n) is 2.09. The number of hydrogen-bond acceptors (Lipinski definition) is 7. The molecule has 0 aliphatic carbocycles. The molecule has 1 amide bonds. The normalized spacial score (nSPS) is 10.3. The van der Waals surface area contributed by atoms with Gasteiger partial charge in [-0.05, 0) is 39.0 Å². The summed E-state index contributed by atoms with van der Waals surface area (Å²) in [7, 11) is 0. The van der Waals surface area contributed by atoms with Gasteiger partial charge in [-0.2, -0.15) is 0 Å². The number of aromatic nitrogens is 2. The Labute approximate surface area is 156 Å². The summed E-state index contributed by atoms with van der Waals surface area (Å²) in [5, 5.41) is 3.36. The van der Waals surface area contributed by atoms with Gasteiger partial charge in [0.25, 0.3) is 0 Å². The zero-order valence-corrected chi connectivity index (χ0v) is 15.8. The lowest BCUT2D eigenvalue weighted by Gasteiger charge is -2.09. The van der Waals surface area contributed by atoms with Crippen LogP contribution in [0.5, 0.6) is 5.75 Å². The van der Waals surface area contributed by atoms with Gasteiger partial charge < -0.3 is 14.8 Å². The third-order valence-electron chi connectivity index (χ3n) is 3.07. The predicted molar refractivity (Wildman–Crippen MR) is 99.4 cm³/mol. The van der Waals surface area contributed by atoms with Gasteiger partial charge in [-0.15, -0.1) is 0 Å². The van der Waals surface area contributed by atoms with Gasteiger partial charge in [-0.25, -0.2) is 14.8 Å². The van der Waals surface area contributed by atoms with Gasteiger partial charge in [0, 0.05) is 23.1 Å². The summed E-state index contributed by atoms with van der Waals surface area (Å²) in [5.41, 5.74) is 2.32. The lowest BCUT2D eigenvalue weighted by atomic mass is 10.3. The highest BCUT2D eigenvalue weighted by Gasteiger charge is 2.08. The van der Waals surface area contributed by atoms with Gasteiger partial charge in [0.15, 0.2) is 11.8 Å². The number of anilines is 1. The molecule has 0 saturated carbocycles. The standard InChI is InChI=1S/C18H21N3O4S/c1-4-24-17(23)10-25-15-7-5-6-14(9-15)21-16(22)11-26-18-19-12(2)8-13(3)20-18/h5-9H,4,10-11H2,1-3H3,(H,21,22). The van der Waals surface area contributed by atoms with Crippen LogP contribution in [0.3, 0.4) is 0 Å². The van der Waals surface area contributed by atoms with Crippen LogP contribution in [0.4, 0.5) is 5.69 Å². The number of ether oxygens (including phenoxy) is 2. The molecule has 0 spiro atoms. The summed E-state index contributed by atoms with van der Waals surface area (Å²) in [4.78, 5) is 32.0. The first-order valence-electron chi connectivity index (χ1n) is 8.09. The van der Waals surface area contributed by atoms with Gasteiger partial charge in [0.05, 0.1) is 12.4 Å². The fraction of sp³-hybridized carbons (Fsp3) is 0.333. The van der Waals surface area contributed by atoms with Gasteiger partial charge in [0.2, 0.25) is 5.91 Å². The number of nitrogens with zero attached hydrogens (tertiary/aromatic N) is 2. The molecule has 26 heavy (non-hydrogen) atoms. The van der Waals surface area contributed by atoms with Crippen LogP contribution < -0.4 is 10.1 Å². The number of amides is 1. The van der Waals surface area contributed by atoms with Crippen LogP contribution >= 0.6 is 11.8 Å². The number of nitrogens with one attached hydrogen (secondary N) is 1. The Kier molecular flexibility index (Phi) is 7.40. The van der Waals surface area contributed by atoms with Crippen LogP contribution in [0.2, 0.25) is 0 Å². The topological polar surface area (TPSA) is 90.4 Å². The van der Waals surface area contributed by atoms with Crippen molar-refractivity contribution in [3.8, 4) is 5.75 Å². The van der Waals surface area contributed by atoms with E-state index in [1.54, 1.807) is 31.2 Å². The summed E-state index contributed by atoms with van der Waals surface area (Å²) >= 11 is 1.27. The maximum Gasteiger partial charge on any atom is 0.344 e. The van der Waals surface area contributed by atoms with Crippen LogP contribution in [0, 0.1) is 13.8 Å². The number of benzene rings is 1. The van der Waals surface area contributed by atoms with Crippen molar-refractivity contribution in [3.63, 3.8) is 0 Å². The van der Waals surface area contributed by atoms with Gasteiger partial charge in [-0.3, -0.25) is 4.79 Å². The Balaban J connectivity index is 1.86. The van der Waals surface area contributed by atoms with E-state index in [-0.39, 0.29) is 18.3 Å². The second-order valence-corrected chi connectivity index (χ2v) is 6.33. The van der Waals surface area contributed by atoms with Gasteiger partial charge >= 0.3 is 5.97 Å². The first-order chi connectivity index (χ1) is 12.5. The molecule has 0 aliphatic rings. The molecule has 1 N–H and O–H groups in total. The molecule has 0 aliphatic heterocycles. The molecule has 2 aromatic rings. The van der Waals surface area contributed by atoms with Crippen LogP contribution in [0.1, 0.15) is 18.3 Å². The third kappa shape index (κ3) is 6.72. The maximum atomic E-state index is 12.1. The summed E-state index contributed by atoms with van der Waals surface area (Å²) < 4.78 is 10.1. The van der Waals surface area contributed by atoms with Crippen molar-refractivity contribution in [1.29, 1.82) is 0 Å². The van der Waals surface area contributed by atoms with E-state index in [0.717, 1.165) is 11.4 Å². The zero-order valence-electron chi connectivity index (χ0n) is 14.9. The van der Waals surface area contributed by atoms with Crippen molar-refractivity contribution in [2.24, 2.45) is 0 Å². The third-order valence-corrected chi connectivity index (χ3v) is 3.92. The zero-order chi connectivity index (χ0) is 18.9. The average molecular weight is 375 g/mol. The van der Waals surface area contributed by atoms with E-state index < -0.39 is 5.97 Å². The molecule has 7 nitrogen and oxygen atoms in total. The predicted octanol–water partition coefficient (Wildman–Crippen LogP) is 2.77. The number of esters is 1. The van der Waals surface area contributed by atoms with Crippen molar-refractivity contribution in [1.82, 2.24) is 9.97 Å². The maximum absolute atomic E-state index is 12.1. The number of aryl methyl sites for hydroxylation is 2. The molecule has 0 saturated heterocycles. The molecule has 138 valence electrons. The molecule has 0 bridgehead atoms. The molecule has 0 unspecified atom stereocenters. The largest absolute Gasteiger partial charge is 0.482 e. The van der Waals surface area contributed by atoms with Gasteiger partial charge in [0.1, 0.15) is 5.75 Å². The molecule has 1 heterocycles. The number of rotatable bonds is 8. The molecular formula is C18H21N3O4S. The fourth-order valence-corrected chi connectivity index (χ4v) is 2.84. The summed E-state index contributed by atoms with van der Waals surface area (Å²) in [5.74, 6) is 0.0461. The molecule has 0 atom stereocenters. The second kappa shape index (κ2) is 9.76. The lowest BCUT2D eigenvalue weighted by molar-refractivity contribution is -0.145. The minimum atomic E-state index is -0.438. The van der Waals surface area contributed by atoms with Crippen molar-refractivity contribution >= 4 is 29.3 Å². The highest BCUT2D eigenvalue weighted by atomic mass is 32.2. The smallest absolute Gasteiger partial charge is 0.344 e. The van der Waals surface area contributed by atoms with E-state index >= 15 is 0 Å². The number of carbonyl (C=O) groups is 2. The van der Waals surface area contributed by atoms with E-state index in [1.807, 2.05) is 19.9 Å². The average Bonchev–Trinajstić information content (AvgIpc) is 2.58. The van der Waals surface area contributed by atoms with E-state index in [4.69, 9.17) is 9.47 Å². The van der Waals surface area contributed by atoms with E-state index in [0.29, 0.717) is 23.2 Å². The van der Waals surface area contributed by atoms with Crippen molar-refractivity contribution in [2.75, 3.05) is 24.3 Å². The van der Waals surface area contributed by atoms with Crippen molar-refractivity contribution in [3.05, 3.63) is 41.7 Å². The first-order valence-corrected chi connectivity index (χ1v) is 9.08. The van der Waals surface area contributed by atoms with E-state index in [2.05, 4.69) is 15.3 Å². The number of carbonyl (C=O) groups excluding carboxylic acids is 2. The molecule has 1 aromatic carbocycles.